The fourth-order valence-electron chi connectivity index (χ4n) is 3.45. The van der Waals surface area contributed by atoms with Crippen LogP contribution >= 0.6 is 0 Å². The van der Waals surface area contributed by atoms with Crippen molar-refractivity contribution < 1.29 is 19.6 Å². The van der Waals surface area contributed by atoms with Gasteiger partial charge in [0, 0.05) is 38.3 Å². The van der Waals surface area contributed by atoms with Crippen molar-refractivity contribution in [3.8, 4) is 11.1 Å². The zero-order valence-corrected chi connectivity index (χ0v) is 18.1. The second-order valence-corrected chi connectivity index (χ2v) is 7.83. The molecule has 3 amide bonds. The highest BCUT2D eigenvalue weighted by Gasteiger charge is 2.23. The zero-order valence-electron chi connectivity index (χ0n) is 18.1. The van der Waals surface area contributed by atoms with Crippen molar-refractivity contribution in [2.75, 3.05) is 46.3 Å². The Hall–Kier alpha value is -3.27. The largest absolute Gasteiger partial charge is 0.352 e. The monoisotopic (exact) mass is 439 g/mol. The van der Waals surface area contributed by atoms with Crippen molar-refractivity contribution in [3.05, 3.63) is 60.2 Å². The smallest absolute Gasteiger partial charge is 0.267 e. The quantitative estimate of drug-likeness (QED) is 0.348. The summed E-state index contributed by atoms with van der Waals surface area (Å²) in [5, 5.41) is 14.3. The molecule has 4 N–H and O–H groups in total. The third-order valence-corrected chi connectivity index (χ3v) is 5.45. The highest BCUT2D eigenvalue weighted by Crippen LogP contribution is 2.19. The summed E-state index contributed by atoms with van der Waals surface area (Å²) in [6.07, 6.45) is 0. The van der Waals surface area contributed by atoms with Gasteiger partial charge < -0.3 is 15.5 Å². The molecule has 1 aliphatic heterocycles. The number of carbonyl (C=O) groups excluding carboxylic acids is 3. The van der Waals surface area contributed by atoms with Crippen LogP contribution < -0.4 is 16.1 Å². The second kappa shape index (κ2) is 11.4. The standard InChI is InChI=1S/C23H29N5O4/c1-27-11-13-28(14-12-27)16-21(29)24-15-20(23(31)26-32)25-22(30)19-9-7-18(8-10-19)17-5-3-2-4-6-17/h2-10,20,32H,11-16H2,1H3,(H,24,29)(H,25,30)(H,26,31)/t20-/m0/s1. The Labute approximate surface area is 187 Å². The van der Waals surface area contributed by atoms with Gasteiger partial charge in [-0.25, -0.2) is 5.48 Å². The number of amides is 3. The number of hydrogen-bond acceptors (Lipinski definition) is 6. The third kappa shape index (κ3) is 6.61. The minimum Gasteiger partial charge on any atom is -0.352 e. The van der Waals surface area contributed by atoms with Gasteiger partial charge in [-0.15, -0.1) is 0 Å². The normalized spacial score (nSPS) is 15.6. The maximum atomic E-state index is 12.6. The van der Waals surface area contributed by atoms with Crippen molar-refractivity contribution >= 4 is 17.7 Å². The molecular weight excluding hydrogens is 410 g/mol. The number of nitrogens with one attached hydrogen (secondary N) is 3. The lowest BCUT2D eigenvalue weighted by molar-refractivity contribution is -0.131. The Balaban J connectivity index is 1.54. The first-order chi connectivity index (χ1) is 15.5. The highest BCUT2D eigenvalue weighted by atomic mass is 16.5. The van der Waals surface area contributed by atoms with E-state index in [4.69, 9.17) is 5.21 Å². The number of nitrogens with zero attached hydrogens (tertiary/aromatic N) is 2. The molecule has 1 saturated heterocycles. The van der Waals surface area contributed by atoms with E-state index in [1.807, 2.05) is 54.4 Å². The first kappa shape index (κ1) is 23.4. The van der Waals surface area contributed by atoms with Crippen LogP contribution in [-0.2, 0) is 9.59 Å². The van der Waals surface area contributed by atoms with Gasteiger partial charge in [0.2, 0.25) is 5.91 Å². The molecule has 0 saturated carbocycles. The van der Waals surface area contributed by atoms with Crippen LogP contribution in [0.5, 0.6) is 0 Å². The Morgan fingerprint density at radius 1 is 0.938 bits per heavy atom. The summed E-state index contributed by atoms with van der Waals surface area (Å²) in [5.41, 5.74) is 3.90. The molecule has 0 radical (unpaired) electrons. The summed E-state index contributed by atoms with van der Waals surface area (Å²) in [4.78, 5) is 41.1. The van der Waals surface area contributed by atoms with Crippen LogP contribution in [0.3, 0.4) is 0 Å². The van der Waals surface area contributed by atoms with E-state index in [0.717, 1.165) is 37.3 Å². The molecule has 9 nitrogen and oxygen atoms in total. The van der Waals surface area contributed by atoms with Crippen LogP contribution in [0.1, 0.15) is 10.4 Å². The van der Waals surface area contributed by atoms with E-state index in [0.29, 0.717) is 5.56 Å². The molecule has 0 unspecified atom stereocenters. The number of hydroxylamine groups is 1. The first-order valence-corrected chi connectivity index (χ1v) is 10.5. The molecule has 3 rings (SSSR count). The lowest BCUT2D eigenvalue weighted by Crippen LogP contribution is -2.54. The van der Waals surface area contributed by atoms with E-state index in [9.17, 15) is 14.4 Å². The van der Waals surface area contributed by atoms with Crippen molar-refractivity contribution in [2.24, 2.45) is 0 Å². The Morgan fingerprint density at radius 3 is 2.19 bits per heavy atom. The van der Waals surface area contributed by atoms with Crippen molar-refractivity contribution in [2.45, 2.75) is 6.04 Å². The molecule has 0 aromatic heterocycles. The van der Waals surface area contributed by atoms with E-state index in [1.54, 1.807) is 17.6 Å². The van der Waals surface area contributed by atoms with Crippen LogP contribution in [0.15, 0.2) is 54.6 Å². The van der Waals surface area contributed by atoms with Gasteiger partial charge in [0.25, 0.3) is 11.8 Å². The van der Waals surface area contributed by atoms with Gasteiger partial charge in [0.05, 0.1) is 6.54 Å². The third-order valence-electron chi connectivity index (χ3n) is 5.45. The number of likely N-dealkylation sites (N-methyl/N-ethyl adjacent to an activating group) is 1. The van der Waals surface area contributed by atoms with Gasteiger partial charge >= 0.3 is 0 Å². The molecule has 1 aliphatic rings. The molecule has 0 bridgehead atoms. The summed E-state index contributed by atoms with van der Waals surface area (Å²) < 4.78 is 0. The molecule has 32 heavy (non-hydrogen) atoms. The topological polar surface area (TPSA) is 114 Å². The van der Waals surface area contributed by atoms with Crippen LogP contribution in [0.4, 0.5) is 0 Å². The van der Waals surface area contributed by atoms with E-state index in [1.165, 1.54) is 0 Å². The van der Waals surface area contributed by atoms with Gasteiger partial charge in [-0.3, -0.25) is 24.5 Å². The van der Waals surface area contributed by atoms with E-state index < -0.39 is 17.9 Å². The summed E-state index contributed by atoms with van der Waals surface area (Å²) in [6.45, 7) is 3.45. The predicted octanol–water partition coefficient (Wildman–Crippen LogP) is 0.321. The predicted molar refractivity (Wildman–Crippen MR) is 120 cm³/mol. The average molecular weight is 440 g/mol. The van der Waals surface area contributed by atoms with Gasteiger partial charge in [0.1, 0.15) is 6.04 Å². The number of rotatable bonds is 8. The van der Waals surface area contributed by atoms with Gasteiger partial charge in [-0.05, 0) is 30.3 Å². The number of benzene rings is 2. The number of piperazine rings is 1. The van der Waals surface area contributed by atoms with Crippen molar-refractivity contribution in [1.82, 2.24) is 25.9 Å². The Morgan fingerprint density at radius 2 is 1.56 bits per heavy atom. The summed E-state index contributed by atoms with van der Waals surface area (Å²) in [7, 11) is 2.04. The van der Waals surface area contributed by atoms with E-state index in [-0.39, 0.29) is 19.0 Å². The molecule has 2 aromatic rings. The molecule has 0 aliphatic carbocycles. The second-order valence-electron chi connectivity index (χ2n) is 7.83. The van der Waals surface area contributed by atoms with E-state index in [2.05, 4.69) is 15.5 Å². The zero-order chi connectivity index (χ0) is 22.9. The minimum absolute atomic E-state index is 0.132. The molecular formula is C23H29N5O4. The highest BCUT2D eigenvalue weighted by molar-refractivity contribution is 5.98. The summed E-state index contributed by atoms with van der Waals surface area (Å²) in [6, 6.07) is 15.6. The van der Waals surface area contributed by atoms with Crippen LogP contribution in [-0.4, -0.2) is 85.1 Å². The van der Waals surface area contributed by atoms with Gasteiger partial charge in [-0.1, -0.05) is 42.5 Å². The molecule has 1 atom stereocenters. The SMILES string of the molecule is CN1CCN(CC(=O)NC[C@H](NC(=O)c2ccc(-c3ccccc3)cc2)C(=O)NO)CC1. The maximum absolute atomic E-state index is 12.6. The molecule has 1 heterocycles. The molecule has 0 spiro atoms. The lowest BCUT2D eigenvalue weighted by atomic mass is 10.0. The Bertz CT molecular complexity index is 912. The minimum atomic E-state index is -1.11. The fourth-order valence-corrected chi connectivity index (χ4v) is 3.45. The van der Waals surface area contributed by atoms with Gasteiger partial charge in [0.15, 0.2) is 0 Å². The van der Waals surface area contributed by atoms with Crippen LogP contribution in [0, 0.1) is 0 Å². The fraction of sp³-hybridized carbons (Fsp3) is 0.348. The average Bonchev–Trinajstić information content (AvgIpc) is 2.83. The molecule has 2 aromatic carbocycles. The molecule has 170 valence electrons. The van der Waals surface area contributed by atoms with Crippen molar-refractivity contribution in [3.63, 3.8) is 0 Å². The first-order valence-electron chi connectivity index (χ1n) is 10.5. The van der Waals surface area contributed by atoms with Crippen LogP contribution in [0.2, 0.25) is 0 Å². The number of carbonyl (C=O) groups is 3. The number of hydrogen-bond donors (Lipinski definition) is 4. The van der Waals surface area contributed by atoms with Crippen LogP contribution in [0.25, 0.3) is 11.1 Å². The lowest BCUT2D eigenvalue weighted by Gasteiger charge is -2.31. The summed E-state index contributed by atoms with van der Waals surface area (Å²) >= 11 is 0. The van der Waals surface area contributed by atoms with E-state index >= 15 is 0 Å². The van der Waals surface area contributed by atoms with Crippen molar-refractivity contribution in [1.29, 1.82) is 0 Å². The summed E-state index contributed by atoms with van der Waals surface area (Å²) in [5.74, 6) is -1.53. The Kier molecular flexibility index (Phi) is 8.32. The molecule has 1 fully saturated rings. The maximum Gasteiger partial charge on any atom is 0.267 e. The molecule has 9 heteroatoms. The van der Waals surface area contributed by atoms with Gasteiger partial charge in [-0.2, -0.15) is 0 Å².